The van der Waals surface area contributed by atoms with E-state index in [4.69, 9.17) is 0 Å². The molecule has 108 valence electrons. The van der Waals surface area contributed by atoms with Crippen molar-refractivity contribution in [1.29, 1.82) is 0 Å². The molecule has 0 radical (unpaired) electrons. The van der Waals surface area contributed by atoms with Gasteiger partial charge in [0.15, 0.2) is 0 Å². The maximum absolute atomic E-state index is 11.7. The third-order valence-electron chi connectivity index (χ3n) is 2.59. The normalized spacial score (nSPS) is 18.2. The minimum Gasteiger partial charge on any atom is -0.374 e. The zero-order valence-corrected chi connectivity index (χ0v) is 11.2. The SMILES string of the molecule is CC(CNC1CC1)S(=O)(=O)NCCOCC(F)F. The van der Waals surface area contributed by atoms with Crippen LogP contribution in [0.5, 0.6) is 0 Å². The van der Waals surface area contributed by atoms with Crippen molar-refractivity contribution in [3.63, 3.8) is 0 Å². The van der Waals surface area contributed by atoms with Crippen LogP contribution >= 0.6 is 0 Å². The highest BCUT2D eigenvalue weighted by Crippen LogP contribution is 2.18. The number of rotatable bonds is 10. The summed E-state index contributed by atoms with van der Waals surface area (Å²) in [6.07, 6.45) is -0.327. The Kier molecular flexibility index (Phi) is 6.40. The maximum atomic E-state index is 11.7. The average Bonchev–Trinajstić information content (AvgIpc) is 3.08. The van der Waals surface area contributed by atoms with Crippen LogP contribution in [-0.2, 0) is 14.8 Å². The molecule has 0 aromatic rings. The minimum absolute atomic E-state index is 0.0167. The Morgan fingerprint density at radius 2 is 2.06 bits per heavy atom. The van der Waals surface area contributed by atoms with Gasteiger partial charge < -0.3 is 10.1 Å². The van der Waals surface area contributed by atoms with Crippen LogP contribution in [0.1, 0.15) is 19.8 Å². The molecule has 1 fully saturated rings. The van der Waals surface area contributed by atoms with Crippen molar-refractivity contribution < 1.29 is 21.9 Å². The van der Waals surface area contributed by atoms with Crippen LogP contribution in [0.15, 0.2) is 0 Å². The predicted molar refractivity (Wildman–Crippen MR) is 64.2 cm³/mol. The number of hydrogen-bond acceptors (Lipinski definition) is 4. The zero-order chi connectivity index (χ0) is 13.6. The summed E-state index contributed by atoms with van der Waals surface area (Å²) >= 11 is 0. The number of sulfonamides is 1. The summed E-state index contributed by atoms with van der Waals surface area (Å²) in [6, 6.07) is 0.456. The molecule has 8 heteroatoms. The van der Waals surface area contributed by atoms with Crippen LogP contribution in [0, 0.1) is 0 Å². The molecule has 0 amide bonds. The Bertz CT molecular complexity index is 334. The summed E-state index contributed by atoms with van der Waals surface area (Å²) in [5, 5.41) is 2.58. The summed E-state index contributed by atoms with van der Waals surface area (Å²) in [6.45, 7) is 1.31. The highest BCUT2D eigenvalue weighted by molar-refractivity contribution is 7.90. The lowest BCUT2D eigenvalue weighted by atomic mass is 10.4. The van der Waals surface area contributed by atoms with E-state index in [0.717, 1.165) is 12.8 Å². The molecule has 1 aliphatic rings. The molecule has 0 spiro atoms. The first kappa shape index (κ1) is 15.7. The Morgan fingerprint density at radius 1 is 1.39 bits per heavy atom. The molecular weight excluding hydrogens is 266 g/mol. The molecule has 1 rings (SSSR count). The van der Waals surface area contributed by atoms with Gasteiger partial charge >= 0.3 is 0 Å². The first-order chi connectivity index (χ1) is 8.42. The molecule has 0 saturated heterocycles. The summed E-state index contributed by atoms with van der Waals surface area (Å²) in [5.74, 6) is 0. The molecule has 0 heterocycles. The number of alkyl halides is 2. The van der Waals surface area contributed by atoms with Crippen molar-refractivity contribution in [2.24, 2.45) is 0 Å². The van der Waals surface area contributed by atoms with Crippen LogP contribution < -0.4 is 10.0 Å². The molecule has 0 bridgehead atoms. The van der Waals surface area contributed by atoms with Gasteiger partial charge in [0.25, 0.3) is 6.43 Å². The Hall–Kier alpha value is -0.310. The predicted octanol–water partition coefficient (Wildman–Crippen LogP) is 0.328. The summed E-state index contributed by atoms with van der Waals surface area (Å²) < 4.78 is 53.8. The molecule has 5 nitrogen and oxygen atoms in total. The van der Waals surface area contributed by atoms with Crippen LogP contribution in [0.4, 0.5) is 8.78 Å². The van der Waals surface area contributed by atoms with Gasteiger partial charge in [-0.15, -0.1) is 0 Å². The van der Waals surface area contributed by atoms with Crippen LogP contribution in [-0.4, -0.2) is 52.4 Å². The zero-order valence-electron chi connectivity index (χ0n) is 10.4. The maximum Gasteiger partial charge on any atom is 0.261 e. The molecule has 18 heavy (non-hydrogen) atoms. The number of halogens is 2. The average molecular weight is 286 g/mol. The van der Waals surface area contributed by atoms with E-state index in [0.29, 0.717) is 12.6 Å². The van der Waals surface area contributed by atoms with E-state index >= 15 is 0 Å². The smallest absolute Gasteiger partial charge is 0.261 e. The highest BCUT2D eigenvalue weighted by atomic mass is 32.2. The monoisotopic (exact) mass is 286 g/mol. The summed E-state index contributed by atoms with van der Waals surface area (Å²) in [5.41, 5.74) is 0. The van der Waals surface area contributed by atoms with Crippen molar-refractivity contribution in [2.75, 3.05) is 26.3 Å². The van der Waals surface area contributed by atoms with E-state index in [1.807, 2.05) is 0 Å². The topological polar surface area (TPSA) is 67.4 Å². The number of ether oxygens (including phenoxy) is 1. The van der Waals surface area contributed by atoms with Crippen molar-refractivity contribution >= 4 is 10.0 Å². The van der Waals surface area contributed by atoms with Gasteiger partial charge in [-0.05, 0) is 19.8 Å². The molecule has 1 atom stereocenters. The van der Waals surface area contributed by atoms with E-state index in [1.54, 1.807) is 6.92 Å². The van der Waals surface area contributed by atoms with Crippen molar-refractivity contribution in [1.82, 2.24) is 10.0 Å². The van der Waals surface area contributed by atoms with Gasteiger partial charge in [0.05, 0.1) is 11.9 Å². The second-order valence-electron chi connectivity index (χ2n) is 4.40. The number of hydrogen-bond donors (Lipinski definition) is 2. The Labute approximate surface area is 106 Å². The Morgan fingerprint density at radius 3 is 2.61 bits per heavy atom. The first-order valence-corrected chi connectivity index (χ1v) is 7.54. The molecule has 1 saturated carbocycles. The van der Waals surface area contributed by atoms with Gasteiger partial charge in [0.1, 0.15) is 6.61 Å². The third kappa shape index (κ3) is 6.58. The van der Waals surface area contributed by atoms with E-state index in [1.165, 1.54) is 0 Å². The summed E-state index contributed by atoms with van der Waals surface area (Å²) in [7, 11) is -3.41. The molecular formula is C10H20F2N2O3S. The van der Waals surface area contributed by atoms with Crippen LogP contribution in [0.2, 0.25) is 0 Å². The standard InChI is InChI=1S/C10H20F2N2O3S/c1-8(6-13-9-2-3-9)18(15,16)14-4-5-17-7-10(11)12/h8-10,13-14H,2-7H2,1H3. The number of nitrogens with one attached hydrogen (secondary N) is 2. The highest BCUT2D eigenvalue weighted by Gasteiger charge is 2.25. The van der Waals surface area contributed by atoms with Gasteiger partial charge in [-0.2, -0.15) is 0 Å². The van der Waals surface area contributed by atoms with E-state index in [9.17, 15) is 17.2 Å². The molecule has 2 N–H and O–H groups in total. The second kappa shape index (κ2) is 7.32. The van der Waals surface area contributed by atoms with E-state index in [-0.39, 0.29) is 13.2 Å². The summed E-state index contributed by atoms with van der Waals surface area (Å²) in [4.78, 5) is 0. The second-order valence-corrected chi connectivity index (χ2v) is 6.58. The lowest BCUT2D eigenvalue weighted by molar-refractivity contribution is 0.0199. The van der Waals surface area contributed by atoms with Gasteiger partial charge in [-0.3, -0.25) is 0 Å². The van der Waals surface area contributed by atoms with Gasteiger partial charge in [-0.1, -0.05) is 0 Å². The molecule has 0 aliphatic heterocycles. The quantitative estimate of drug-likeness (QED) is 0.568. The Balaban J connectivity index is 2.12. The van der Waals surface area contributed by atoms with Crippen LogP contribution in [0.25, 0.3) is 0 Å². The van der Waals surface area contributed by atoms with Gasteiger partial charge in [0.2, 0.25) is 10.0 Å². The van der Waals surface area contributed by atoms with Crippen molar-refractivity contribution in [3.05, 3.63) is 0 Å². The molecule has 1 aliphatic carbocycles. The minimum atomic E-state index is -3.41. The third-order valence-corrected chi connectivity index (χ3v) is 4.43. The first-order valence-electron chi connectivity index (χ1n) is 5.99. The molecule has 0 aromatic heterocycles. The lowest BCUT2D eigenvalue weighted by Gasteiger charge is -2.14. The van der Waals surface area contributed by atoms with Crippen molar-refractivity contribution in [3.8, 4) is 0 Å². The fourth-order valence-electron chi connectivity index (χ4n) is 1.30. The van der Waals surface area contributed by atoms with Crippen LogP contribution in [0.3, 0.4) is 0 Å². The fraction of sp³-hybridized carbons (Fsp3) is 1.00. The fourth-order valence-corrected chi connectivity index (χ4v) is 2.27. The van der Waals surface area contributed by atoms with Gasteiger partial charge in [0, 0.05) is 19.1 Å². The molecule has 1 unspecified atom stereocenters. The largest absolute Gasteiger partial charge is 0.374 e. The van der Waals surface area contributed by atoms with Crippen molar-refractivity contribution in [2.45, 2.75) is 37.5 Å². The van der Waals surface area contributed by atoms with E-state index < -0.39 is 28.3 Å². The lowest BCUT2D eigenvalue weighted by Crippen LogP contribution is -2.40. The molecule has 0 aromatic carbocycles. The van der Waals surface area contributed by atoms with E-state index in [2.05, 4.69) is 14.8 Å². The van der Waals surface area contributed by atoms with Gasteiger partial charge in [-0.25, -0.2) is 21.9 Å².